The number of rotatable bonds is 4. The predicted octanol–water partition coefficient (Wildman–Crippen LogP) is 1.70. The van der Waals surface area contributed by atoms with Gasteiger partial charge in [-0.3, -0.25) is 0 Å². The Morgan fingerprint density at radius 2 is 2.29 bits per heavy atom. The normalized spacial score (nSPS) is 12.4. The first-order valence-corrected chi connectivity index (χ1v) is 5.49. The van der Waals surface area contributed by atoms with Crippen LogP contribution in [0, 0.1) is 0 Å². The van der Waals surface area contributed by atoms with Gasteiger partial charge in [0, 0.05) is 25.9 Å². The number of aliphatic hydroxyl groups excluding tert-OH is 1. The van der Waals surface area contributed by atoms with Crippen molar-refractivity contribution in [1.29, 1.82) is 0 Å². The number of benzene rings is 1. The number of aryl methyl sites for hydroxylation is 1. The largest absolute Gasteiger partial charge is 0.497 e. The average molecular weight is 232 g/mol. The second-order valence-corrected chi connectivity index (χ2v) is 3.97. The average Bonchev–Trinajstić information content (AvgIpc) is 2.76. The van der Waals surface area contributed by atoms with E-state index in [4.69, 9.17) is 4.74 Å². The van der Waals surface area contributed by atoms with Gasteiger partial charge < -0.3 is 14.4 Å². The predicted molar refractivity (Wildman–Crippen MR) is 64.9 cm³/mol. The lowest BCUT2D eigenvalue weighted by Crippen LogP contribution is -2.08. The molecule has 1 N–H and O–H groups in total. The molecule has 4 nitrogen and oxygen atoms in total. The second kappa shape index (κ2) is 5.01. The van der Waals surface area contributed by atoms with E-state index in [0.717, 1.165) is 11.3 Å². The van der Waals surface area contributed by atoms with Crippen molar-refractivity contribution >= 4 is 0 Å². The summed E-state index contributed by atoms with van der Waals surface area (Å²) in [4.78, 5) is 4.14. The Bertz CT molecular complexity index is 494. The standard InChI is InChI=1S/C13H16N2O2/c1-15-7-6-14-13(15)12(16)9-10-4-3-5-11(8-10)17-2/h3-8,12,16H,9H2,1-2H3. The van der Waals surface area contributed by atoms with Gasteiger partial charge in [-0.15, -0.1) is 0 Å². The van der Waals surface area contributed by atoms with Gasteiger partial charge in [0.2, 0.25) is 0 Å². The van der Waals surface area contributed by atoms with Crippen LogP contribution in [-0.2, 0) is 13.5 Å². The van der Waals surface area contributed by atoms with E-state index < -0.39 is 6.10 Å². The van der Waals surface area contributed by atoms with E-state index in [9.17, 15) is 5.11 Å². The van der Waals surface area contributed by atoms with Gasteiger partial charge >= 0.3 is 0 Å². The topological polar surface area (TPSA) is 47.3 Å². The van der Waals surface area contributed by atoms with E-state index in [1.165, 1.54) is 0 Å². The quantitative estimate of drug-likeness (QED) is 0.872. The summed E-state index contributed by atoms with van der Waals surface area (Å²) in [6, 6.07) is 7.69. The Kier molecular flexibility index (Phi) is 3.44. The van der Waals surface area contributed by atoms with E-state index in [1.54, 1.807) is 13.3 Å². The van der Waals surface area contributed by atoms with Crippen molar-refractivity contribution in [3.05, 3.63) is 48.0 Å². The van der Waals surface area contributed by atoms with E-state index >= 15 is 0 Å². The van der Waals surface area contributed by atoms with Crippen molar-refractivity contribution < 1.29 is 9.84 Å². The van der Waals surface area contributed by atoms with Crippen LogP contribution >= 0.6 is 0 Å². The van der Waals surface area contributed by atoms with Crippen LogP contribution in [0.25, 0.3) is 0 Å². The van der Waals surface area contributed by atoms with Gasteiger partial charge in [0.25, 0.3) is 0 Å². The molecule has 1 atom stereocenters. The zero-order valence-corrected chi connectivity index (χ0v) is 10.00. The first-order chi connectivity index (χ1) is 8.20. The van der Waals surface area contributed by atoms with Crippen LogP contribution in [0.1, 0.15) is 17.5 Å². The Labute approximate surface area is 100 Å². The van der Waals surface area contributed by atoms with Gasteiger partial charge in [0.1, 0.15) is 17.7 Å². The molecule has 2 rings (SSSR count). The molecule has 1 heterocycles. The lowest BCUT2D eigenvalue weighted by molar-refractivity contribution is 0.165. The number of hydrogen-bond donors (Lipinski definition) is 1. The molecule has 17 heavy (non-hydrogen) atoms. The van der Waals surface area contributed by atoms with Crippen LogP contribution < -0.4 is 4.74 Å². The first-order valence-electron chi connectivity index (χ1n) is 5.49. The Morgan fingerprint density at radius 1 is 1.47 bits per heavy atom. The minimum atomic E-state index is -0.595. The van der Waals surface area contributed by atoms with E-state index in [-0.39, 0.29) is 0 Å². The molecule has 2 aromatic rings. The number of aromatic nitrogens is 2. The third-order valence-electron chi connectivity index (χ3n) is 2.72. The van der Waals surface area contributed by atoms with Crippen molar-refractivity contribution in [2.75, 3.05) is 7.11 Å². The second-order valence-electron chi connectivity index (χ2n) is 3.97. The molecule has 1 aromatic heterocycles. The lowest BCUT2D eigenvalue weighted by atomic mass is 10.1. The molecule has 0 aliphatic carbocycles. The molecule has 1 aromatic carbocycles. The molecule has 0 aliphatic rings. The summed E-state index contributed by atoms with van der Waals surface area (Å²) in [6.07, 6.45) is 3.44. The molecule has 0 spiro atoms. The molecule has 0 saturated heterocycles. The van der Waals surface area contributed by atoms with E-state index in [2.05, 4.69) is 4.98 Å². The van der Waals surface area contributed by atoms with Gasteiger partial charge in [-0.2, -0.15) is 0 Å². The smallest absolute Gasteiger partial charge is 0.137 e. The molecule has 0 amide bonds. The summed E-state index contributed by atoms with van der Waals surface area (Å²) in [5, 5.41) is 10.1. The Morgan fingerprint density at radius 3 is 2.94 bits per heavy atom. The van der Waals surface area contributed by atoms with Gasteiger partial charge in [-0.1, -0.05) is 12.1 Å². The molecule has 0 fully saturated rings. The fraction of sp³-hybridized carbons (Fsp3) is 0.308. The number of hydrogen-bond acceptors (Lipinski definition) is 3. The van der Waals surface area contributed by atoms with Crippen LogP contribution in [0.15, 0.2) is 36.7 Å². The summed E-state index contributed by atoms with van der Waals surface area (Å²) in [5.41, 5.74) is 1.03. The molecule has 1 unspecified atom stereocenters. The number of aliphatic hydroxyl groups is 1. The van der Waals surface area contributed by atoms with Crippen LogP contribution in [0.3, 0.4) is 0 Å². The number of nitrogens with zero attached hydrogens (tertiary/aromatic N) is 2. The lowest BCUT2D eigenvalue weighted by Gasteiger charge is -2.11. The summed E-state index contributed by atoms with van der Waals surface area (Å²) >= 11 is 0. The van der Waals surface area contributed by atoms with Gasteiger partial charge in [-0.25, -0.2) is 4.98 Å². The number of imidazole rings is 1. The number of methoxy groups -OCH3 is 1. The van der Waals surface area contributed by atoms with Crippen LogP contribution in [0.2, 0.25) is 0 Å². The monoisotopic (exact) mass is 232 g/mol. The van der Waals surface area contributed by atoms with Crippen LogP contribution in [-0.4, -0.2) is 21.8 Å². The highest BCUT2D eigenvalue weighted by molar-refractivity contribution is 5.29. The molecule has 0 radical (unpaired) electrons. The molecular formula is C13H16N2O2. The summed E-state index contributed by atoms with van der Waals surface area (Å²) in [5.74, 6) is 1.47. The molecule has 90 valence electrons. The maximum Gasteiger partial charge on any atom is 0.137 e. The zero-order valence-electron chi connectivity index (χ0n) is 10.00. The van der Waals surface area contributed by atoms with E-state index in [0.29, 0.717) is 12.2 Å². The van der Waals surface area contributed by atoms with Gasteiger partial charge in [-0.05, 0) is 17.7 Å². The third kappa shape index (κ3) is 2.65. The first kappa shape index (κ1) is 11.7. The number of ether oxygens (including phenoxy) is 1. The highest BCUT2D eigenvalue weighted by atomic mass is 16.5. The van der Waals surface area contributed by atoms with Crippen molar-refractivity contribution in [2.24, 2.45) is 7.05 Å². The molecule has 0 bridgehead atoms. The zero-order chi connectivity index (χ0) is 12.3. The summed E-state index contributed by atoms with van der Waals surface area (Å²) in [6.45, 7) is 0. The fourth-order valence-corrected chi connectivity index (χ4v) is 1.81. The maximum atomic E-state index is 10.1. The van der Waals surface area contributed by atoms with E-state index in [1.807, 2.05) is 42.1 Å². The van der Waals surface area contributed by atoms with Crippen LogP contribution in [0.4, 0.5) is 0 Å². The van der Waals surface area contributed by atoms with Crippen molar-refractivity contribution in [3.8, 4) is 5.75 Å². The van der Waals surface area contributed by atoms with Gasteiger partial charge in [0.15, 0.2) is 0 Å². The van der Waals surface area contributed by atoms with Crippen LogP contribution in [0.5, 0.6) is 5.75 Å². The SMILES string of the molecule is COc1cccc(CC(O)c2nccn2C)c1. The molecule has 0 saturated carbocycles. The molecule has 0 aliphatic heterocycles. The Balaban J connectivity index is 2.13. The highest BCUT2D eigenvalue weighted by Crippen LogP contribution is 2.19. The minimum absolute atomic E-state index is 0.530. The maximum absolute atomic E-state index is 10.1. The third-order valence-corrected chi connectivity index (χ3v) is 2.72. The molecular weight excluding hydrogens is 216 g/mol. The summed E-state index contributed by atoms with van der Waals surface area (Å²) in [7, 11) is 3.51. The van der Waals surface area contributed by atoms with Crippen molar-refractivity contribution in [2.45, 2.75) is 12.5 Å². The fourth-order valence-electron chi connectivity index (χ4n) is 1.81. The van der Waals surface area contributed by atoms with Crippen molar-refractivity contribution in [3.63, 3.8) is 0 Å². The van der Waals surface area contributed by atoms with Crippen molar-refractivity contribution in [1.82, 2.24) is 9.55 Å². The van der Waals surface area contributed by atoms with Gasteiger partial charge in [0.05, 0.1) is 7.11 Å². The minimum Gasteiger partial charge on any atom is -0.497 e. The molecule has 4 heteroatoms. The highest BCUT2D eigenvalue weighted by Gasteiger charge is 2.13. The Hall–Kier alpha value is -1.81. The summed E-state index contributed by atoms with van der Waals surface area (Å²) < 4.78 is 6.97.